The number of allylic oxidation sites excluding steroid dienone is 4. The first-order valence-corrected chi connectivity index (χ1v) is 16.0. The van der Waals surface area contributed by atoms with Gasteiger partial charge in [-0.05, 0) is 130 Å². The molecule has 0 aromatic heterocycles. The Hall–Kier alpha value is -0.560. The molecule has 4 fully saturated rings. The normalized spacial score (nSPS) is 49.5. The van der Waals surface area contributed by atoms with Crippen molar-refractivity contribution < 1.29 is 0 Å². The molecule has 5 aliphatic carbocycles. The Kier molecular flexibility index (Phi) is 6.38. The van der Waals surface area contributed by atoms with Gasteiger partial charge in [0.1, 0.15) is 0 Å². The second-order valence-corrected chi connectivity index (χ2v) is 14.8. The molecule has 9 unspecified atom stereocenters. The fraction of sp³-hybridized carbons (Fsp3) is 0.882. The summed E-state index contributed by atoms with van der Waals surface area (Å²) in [4.78, 5) is 2.95. The van der Waals surface area contributed by atoms with Crippen LogP contribution in [0.4, 0.5) is 0 Å². The second-order valence-electron chi connectivity index (χ2n) is 14.8. The highest BCUT2D eigenvalue weighted by atomic mass is 15.2. The highest BCUT2D eigenvalue weighted by Gasteiger charge is 2.60. The summed E-state index contributed by atoms with van der Waals surface area (Å²) in [6, 6.07) is 0.849. The molecule has 3 saturated carbocycles. The predicted octanol–water partition coefficient (Wildman–Crippen LogP) is 9.05. The Morgan fingerprint density at radius 1 is 1.06 bits per heavy atom. The first-order valence-electron chi connectivity index (χ1n) is 16.0. The lowest BCUT2D eigenvalue weighted by Crippen LogP contribution is -2.49. The molecular formula is C34H55N. The van der Waals surface area contributed by atoms with Gasteiger partial charge in [0.2, 0.25) is 0 Å². The summed E-state index contributed by atoms with van der Waals surface area (Å²) >= 11 is 0. The number of fused-ring (bicyclic) bond motifs is 6. The molecule has 0 amide bonds. The number of rotatable bonds is 4. The van der Waals surface area contributed by atoms with Gasteiger partial charge in [0.25, 0.3) is 0 Å². The van der Waals surface area contributed by atoms with Gasteiger partial charge in [-0.25, -0.2) is 0 Å². The van der Waals surface area contributed by atoms with Gasteiger partial charge < -0.3 is 0 Å². The number of piperidine rings is 1. The molecule has 35 heavy (non-hydrogen) atoms. The summed E-state index contributed by atoms with van der Waals surface area (Å²) in [6.45, 7) is 18.0. The van der Waals surface area contributed by atoms with Crippen LogP contribution in [0.15, 0.2) is 22.8 Å². The van der Waals surface area contributed by atoms with Crippen molar-refractivity contribution in [3.05, 3.63) is 22.8 Å². The zero-order valence-corrected chi connectivity index (χ0v) is 24.0. The average molecular weight is 478 g/mol. The molecule has 1 heteroatoms. The monoisotopic (exact) mass is 477 g/mol. The maximum absolute atomic E-state index is 2.95. The van der Waals surface area contributed by atoms with Crippen molar-refractivity contribution in [2.45, 2.75) is 125 Å². The van der Waals surface area contributed by atoms with Crippen molar-refractivity contribution in [1.29, 1.82) is 0 Å². The van der Waals surface area contributed by atoms with E-state index in [4.69, 9.17) is 0 Å². The lowest BCUT2D eigenvalue weighted by atomic mass is 9.55. The van der Waals surface area contributed by atoms with Crippen LogP contribution in [0.1, 0.15) is 119 Å². The van der Waals surface area contributed by atoms with Crippen molar-refractivity contribution in [3.63, 3.8) is 0 Å². The minimum atomic E-state index is 0.508. The molecule has 1 nitrogen and oxygen atoms in total. The SMILES string of the molecule is CCCC1CCC2(C)C(=CCC3C4CCC5(CC6CC(C)CN(CCC)C6[C@H]5C)C(C)=C4CC32)C1. The molecular weight excluding hydrogens is 422 g/mol. The zero-order chi connectivity index (χ0) is 24.5. The number of hydrogen-bond acceptors (Lipinski definition) is 1. The molecule has 0 radical (unpaired) electrons. The van der Waals surface area contributed by atoms with E-state index in [1.807, 2.05) is 16.7 Å². The molecule has 1 aliphatic heterocycles. The molecule has 6 rings (SSSR count). The Bertz CT molecular complexity index is 881. The molecule has 0 N–H and O–H groups in total. The van der Waals surface area contributed by atoms with Gasteiger partial charge in [-0.3, -0.25) is 4.90 Å². The highest BCUT2D eigenvalue weighted by molar-refractivity contribution is 5.37. The van der Waals surface area contributed by atoms with Gasteiger partial charge in [-0.1, -0.05) is 70.3 Å². The molecule has 1 spiro atoms. The van der Waals surface area contributed by atoms with Crippen LogP contribution in [0.5, 0.6) is 0 Å². The number of hydrogen-bond donors (Lipinski definition) is 0. The Labute approximate surface area is 217 Å². The molecule has 1 saturated heterocycles. The third-order valence-corrected chi connectivity index (χ3v) is 13.2. The van der Waals surface area contributed by atoms with Crippen LogP contribution in [-0.4, -0.2) is 24.0 Å². The van der Waals surface area contributed by atoms with Crippen molar-refractivity contribution in [2.75, 3.05) is 13.1 Å². The molecule has 196 valence electrons. The van der Waals surface area contributed by atoms with E-state index in [0.29, 0.717) is 10.8 Å². The lowest BCUT2D eigenvalue weighted by Gasteiger charge is -2.50. The van der Waals surface area contributed by atoms with E-state index in [9.17, 15) is 0 Å². The molecule has 1 heterocycles. The summed E-state index contributed by atoms with van der Waals surface area (Å²) in [6.07, 6.45) is 20.1. The van der Waals surface area contributed by atoms with E-state index in [0.717, 1.165) is 47.5 Å². The Morgan fingerprint density at radius 3 is 2.66 bits per heavy atom. The van der Waals surface area contributed by atoms with E-state index in [2.05, 4.69) is 52.5 Å². The van der Waals surface area contributed by atoms with Crippen LogP contribution in [0, 0.1) is 52.3 Å². The third-order valence-electron chi connectivity index (χ3n) is 13.2. The molecule has 6 aliphatic rings. The van der Waals surface area contributed by atoms with Gasteiger partial charge in [0.05, 0.1) is 0 Å². The van der Waals surface area contributed by atoms with E-state index in [1.54, 1.807) is 0 Å². The second kappa shape index (κ2) is 9.03. The zero-order valence-electron chi connectivity index (χ0n) is 24.0. The van der Waals surface area contributed by atoms with Crippen molar-refractivity contribution in [1.82, 2.24) is 4.90 Å². The first-order chi connectivity index (χ1) is 16.8. The van der Waals surface area contributed by atoms with Gasteiger partial charge in [0.15, 0.2) is 0 Å². The van der Waals surface area contributed by atoms with Crippen LogP contribution in [0.25, 0.3) is 0 Å². The van der Waals surface area contributed by atoms with Gasteiger partial charge >= 0.3 is 0 Å². The average Bonchev–Trinajstić information content (AvgIpc) is 3.34. The smallest absolute Gasteiger partial charge is 0.0158 e. The van der Waals surface area contributed by atoms with Crippen molar-refractivity contribution in [3.8, 4) is 0 Å². The maximum atomic E-state index is 2.95. The fourth-order valence-electron chi connectivity index (χ4n) is 11.6. The molecule has 0 aromatic carbocycles. The molecule has 0 aromatic rings. The summed E-state index contributed by atoms with van der Waals surface area (Å²) in [7, 11) is 0. The van der Waals surface area contributed by atoms with E-state index >= 15 is 0 Å². The standard InChI is InChI=1S/C34H55N/c1-7-9-25-12-14-33(6)27(18-25)10-11-29-28-13-15-34(23(4)30(28)19-31(29)33)20-26-17-22(3)21-35(16-8-2)32(26)24(34)5/h10,22,24-26,28-29,31-32H,7-9,11-21H2,1-6H3/t22?,24-,25?,26?,28?,29?,31?,32?,33?,34?/m1/s1. The van der Waals surface area contributed by atoms with Gasteiger partial charge in [-0.2, -0.15) is 0 Å². The van der Waals surface area contributed by atoms with Crippen LogP contribution in [0.2, 0.25) is 0 Å². The Balaban J connectivity index is 1.29. The topological polar surface area (TPSA) is 3.24 Å². The van der Waals surface area contributed by atoms with Crippen LogP contribution in [-0.2, 0) is 0 Å². The Morgan fingerprint density at radius 2 is 1.89 bits per heavy atom. The van der Waals surface area contributed by atoms with E-state index in [-0.39, 0.29) is 0 Å². The van der Waals surface area contributed by atoms with E-state index < -0.39 is 0 Å². The summed E-state index contributed by atoms with van der Waals surface area (Å²) < 4.78 is 0. The largest absolute Gasteiger partial charge is 0.300 e. The summed E-state index contributed by atoms with van der Waals surface area (Å²) in [5.74, 6) is 6.44. The molecule has 0 bridgehead atoms. The number of nitrogens with zero attached hydrogens (tertiary/aromatic N) is 1. The quantitative estimate of drug-likeness (QED) is 0.365. The van der Waals surface area contributed by atoms with Crippen molar-refractivity contribution in [2.24, 2.45) is 52.3 Å². The van der Waals surface area contributed by atoms with Crippen LogP contribution >= 0.6 is 0 Å². The maximum Gasteiger partial charge on any atom is 0.0158 e. The minimum absolute atomic E-state index is 0.508. The highest BCUT2D eigenvalue weighted by Crippen LogP contribution is 2.68. The van der Waals surface area contributed by atoms with Crippen molar-refractivity contribution >= 4 is 0 Å². The first kappa shape index (κ1) is 24.8. The van der Waals surface area contributed by atoms with E-state index in [1.165, 1.54) is 90.1 Å². The fourth-order valence-corrected chi connectivity index (χ4v) is 11.6. The predicted molar refractivity (Wildman–Crippen MR) is 149 cm³/mol. The van der Waals surface area contributed by atoms with Gasteiger partial charge in [-0.15, -0.1) is 0 Å². The van der Waals surface area contributed by atoms with Gasteiger partial charge in [0, 0.05) is 12.6 Å². The summed E-state index contributed by atoms with van der Waals surface area (Å²) in [5.41, 5.74) is 6.81. The number of likely N-dealkylation sites (tertiary alicyclic amines) is 1. The van der Waals surface area contributed by atoms with Crippen LogP contribution < -0.4 is 0 Å². The summed E-state index contributed by atoms with van der Waals surface area (Å²) in [5, 5.41) is 0. The van der Waals surface area contributed by atoms with Crippen LogP contribution in [0.3, 0.4) is 0 Å². The minimum Gasteiger partial charge on any atom is -0.300 e. The molecule has 10 atom stereocenters. The lowest BCUT2D eigenvalue weighted by molar-refractivity contribution is 0.0505. The third kappa shape index (κ3) is 3.63.